The molecule has 6 heteroatoms. The van der Waals surface area contributed by atoms with Gasteiger partial charge in [0.15, 0.2) is 0 Å². The highest BCUT2D eigenvalue weighted by atomic mass is 16.2. The summed E-state index contributed by atoms with van der Waals surface area (Å²) in [5.41, 5.74) is 7.65. The van der Waals surface area contributed by atoms with E-state index in [0.29, 0.717) is 5.56 Å². The zero-order valence-electron chi connectivity index (χ0n) is 15.0. The normalized spacial score (nSPS) is 14.4. The molecule has 28 heavy (non-hydrogen) atoms. The summed E-state index contributed by atoms with van der Waals surface area (Å²) in [7, 11) is 0. The molecule has 5 rings (SSSR count). The Hall–Kier alpha value is -3.80. The lowest BCUT2D eigenvalue weighted by Gasteiger charge is -2.09. The van der Waals surface area contributed by atoms with Gasteiger partial charge in [0.25, 0.3) is 5.91 Å². The molecule has 1 amide bonds. The monoisotopic (exact) mass is 367 g/mol. The first-order chi connectivity index (χ1) is 13.8. The van der Waals surface area contributed by atoms with E-state index in [2.05, 4.69) is 20.1 Å². The third kappa shape index (κ3) is 2.85. The van der Waals surface area contributed by atoms with Gasteiger partial charge in [-0.1, -0.05) is 18.2 Å². The van der Waals surface area contributed by atoms with Crippen LogP contribution < -0.4 is 5.43 Å². The van der Waals surface area contributed by atoms with Crippen molar-refractivity contribution < 1.29 is 4.79 Å². The second kappa shape index (κ2) is 6.74. The van der Waals surface area contributed by atoms with E-state index < -0.39 is 0 Å². The van der Waals surface area contributed by atoms with Gasteiger partial charge in [0.1, 0.15) is 0 Å². The molecule has 0 unspecified atom stereocenters. The number of hydrogen-bond acceptors (Lipinski definition) is 4. The lowest BCUT2D eigenvalue weighted by Crippen LogP contribution is -2.20. The van der Waals surface area contributed by atoms with Crippen LogP contribution in [0.4, 0.5) is 0 Å². The van der Waals surface area contributed by atoms with Crippen LogP contribution in [0.15, 0.2) is 78.3 Å². The van der Waals surface area contributed by atoms with Gasteiger partial charge in [-0.2, -0.15) is 5.10 Å². The van der Waals surface area contributed by atoms with Crippen LogP contribution in [0.25, 0.3) is 22.2 Å². The number of carbonyl (C=O) groups is 1. The van der Waals surface area contributed by atoms with Crippen molar-refractivity contribution in [3.63, 3.8) is 0 Å². The van der Waals surface area contributed by atoms with Gasteiger partial charge in [0.2, 0.25) is 0 Å². The predicted molar refractivity (Wildman–Crippen MR) is 108 cm³/mol. The topological polar surface area (TPSA) is 72.2 Å². The number of hydrogen-bond donors (Lipinski definition) is 1. The summed E-state index contributed by atoms with van der Waals surface area (Å²) in [6, 6.07) is 17.2. The van der Waals surface area contributed by atoms with Gasteiger partial charge in [-0.05, 0) is 36.4 Å². The SMILES string of the molecule is O=C(NN=C1CCn2cccc21)c1cc(-c2ccncc2)nc2ccccc12. The Morgan fingerprint density at radius 1 is 1.07 bits per heavy atom. The number of amides is 1. The van der Waals surface area contributed by atoms with E-state index in [9.17, 15) is 4.79 Å². The number of benzene rings is 1. The van der Waals surface area contributed by atoms with Crippen molar-refractivity contribution in [2.75, 3.05) is 0 Å². The summed E-state index contributed by atoms with van der Waals surface area (Å²) in [6.45, 7) is 0.890. The number of fused-ring (bicyclic) bond motifs is 2. The fourth-order valence-electron chi connectivity index (χ4n) is 3.55. The largest absolute Gasteiger partial charge is 0.346 e. The maximum atomic E-state index is 13.0. The van der Waals surface area contributed by atoms with Crippen LogP contribution in [0.3, 0.4) is 0 Å². The number of pyridine rings is 2. The number of aromatic nitrogens is 3. The summed E-state index contributed by atoms with van der Waals surface area (Å²) in [4.78, 5) is 21.7. The molecule has 1 aromatic carbocycles. The first-order valence-electron chi connectivity index (χ1n) is 9.12. The Morgan fingerprint density at radius 3 is 2.82 bits per heavy atom. The molecule has 4 aromatic rings. The molecule has 0 bridgehead atoms. The molecular formula is C22H17N5O. The van der Waals surface area contributed by atoms with Crippen molar-refractivity contribution in [2.45, 2.75) is 13.0 Å². The fourth-order valence-corrected chi connectivity index (χ4v) is 3.55. The maximum absolute atomic E-state index is 13.0. The van der Waals surface area contributed by atoms with E-state index in [1.54, 1.807) is 12.4 Å². The molecule has 4 heterocycles. The summed E-state index contributed by atoms with van der Waals surface area (Å²) in [6.07, 6.45) is 6.27. The molecule has 0 aliphatic carbocycles. The van der Waals surface area contributed by atoms with Crippen molar-refractivity contribution in [1.29, 1.82) is 0 Å². The minimum Gasteiger partial charge on any atom is -0.346 e. The quantitative estimate of drug-likeness (QED) is 0.562. The highest BCUT2D eigenvalue weighted by molar-refractivity contribution is 6.08. The molecule has 1 aliphatic heterocycles. The summed E-state index contributed by atoms with van der Waals surface area (Å²) in [5, 5.41) is 5.19. The molecule has 0 radical (unpaired) electrons. The van der Waals surface area contributed by atoms with E-state index in [-0.39, 0.29) is 5.91 Å². The van der Waals surface area contributed by atoms with Gasteiger partial charge in [-0.3, -0.25) is 9.78 Å². The van der Waals surface area contributed by atoms with Crippen LogP contribution in [0, 0.1) is 0 Å². The Balaban J connectivity index is 1.53. The Kier molecular flexibility index (Phi) is 3.94. The van der Waals surface area contributed by atoms with Crippen LogP contribution in [-0.2, 0) is 6.54 Å². The van der Waals surface area contributed by atoms with Crippen molar-refractivity contribution in [3.8, 4) is 11.3 Å². The summed E-state index contributed by atoms with van der Waals surface area (Å²) < 4.78 is 2.13. The minimum atomic E-state index is -0.244. The van der Waals surface area contributed by atoms with Gasteiger partial charge in [0.05, 0.1) is 28.2 Å². The zero-order chi connectivity index (χ0) is 18.9. The highest BCUT2D eigenvalue weighted by Crippen LogP contribution is 2.24. The minimum absolute atomic E-state index is 0.244. The second-order valence-electron chi connectivity index (χ2n) is 6.64. The number of para-hydroxylation sites is 1. The Morgan fingerprint density at radius 2 is 1.93 bits per heavy atom. The molecular weight excluding hydrogens is 350 g/mol. The lowest BCUT2D eigenvalue weighted by molar-refractivity contribution is 0.0956. The van der Waals surface area contributed by atoms with E-state index in [1.165, 1.54) is 0 Å². The average molecular weight is 367 g/mol. The molecule has 0 fully saturated rings. The predicted octanol–water partition coefficient (Wildman–Crippen LogP) is 3.64. The molecule has 6 nitrogen and oxygen atoms in total. The lowest BCUT2D eigenvalue weighted by atomic mass is 10.0. The number of nitrogens with zero attached hydrogens (tertiary/aromatic N) is 4. The number of nitrogens with one attached hydrogen (secondary N) is 1. The average Bonchev–Trinajstić information content (AvgIpc) is 3.36. The zero-order valence-corrected chi connectivity index (χ0v) is 15.0. The van der Waals surface area contributed by atoms with Crippen LogP contribution in [0.5, 0.6) is 0 Å². The van der Waals surface area contributed by atoms with Crippen LogP contribution in [-0.4, -0.2) is 26.2 Å². The first kappa shape index (κ1) is 16.4. The molecule has 0 saturated carbocycles. The number of rotatable bonds is 3. The van der Waals surface area contributed by atoms with Crippen LogP contribution >= 0.6 is 0 Å². The van der Waals surface area contributed by atoms with Crippen molar-refractivity contribution in [2.24, 2.45) is 5.10 Å². The molecule has 0 atom stereocenters. The Labute approximate surface area is 161 Å². The van der Waals surface area contributed by atoms with E-state index in [1.807, 2.05) is 60.8 Å². The van der Waals surface area contributed by atoms with Crippen LogP contribution in [0.1, 0.15) is 22.5 Å². The first-order valence-corrected chi connectivity index (χ1v) is 9.12. The summed E-state index contributed by atoms with van der Waals surface area (Å²) in [5.74, 6) is -0.244. The van der Waals surface area contributed by atoms with Gasteiger partial charge in [-0.25, -0.2) is 10.4 Å². The third-order valence-corrected chi connectivity index (χ3v) is 4.94. The molecule has 0 spiro atoms. The highest BCUT2D eigenvalue weighted by Gasteiger charge is 2.18. The molecule has 0 saturated heterocycles. The van der Waals surface area contributed by atoms with Gasteiger partial charge >= 0.3 is 0 Å². The smallest absolute Gasteiger partial charge is 0.272 e. The van der Waals surface area contributed by atoms with Gasteiger partial charge in [-0.15, -0.1) is 0 Å². The van der Waals surface area contributed by atoms with Crippen molar-refractivity contribution in [3.05, 3.63) is 84.4 Å². The van der Waals surface area contributed by atoms with Gasteiger partial charge in [0, 0.05) is 42.5 Å². The van der Waals surface area contributed by atoms with Gasteiger partial charge < -0.3 is 4.57 Å². The second-order valence-corrected chi connectivity index (χ2v) is 6.64. The number of carbonyl (C=O) groups excluding carboxylic acids is 1. The van der Waals surface area contributed by atoms with Crippen LogP contribution in [0.2, 0.25) is 0 Å². The molecule has 3 aromatic heterocycles. The van der Waals surface area contributed by atoms with Crippen molar-refractivity contribution in [1.82, 2.24) is 20.0 Å². The van der Waals surface area contributed by atoms with E-state index >= 15 is 0 Å². The standard InChI is InChI=1S/C22H17N5O/c28-22(26-25-19-9-13-27-12-3-6-21(19)27)17-14-20(15-7-10-23-11-8-15)24-18-5-2-1-4-16(17)18/h1-8,10-12,14H,9,13H2,(H,26,28). The maximum Gasteiger partial charge on any atom is 0.272 e. The third-order valence-electron chi connectivity index (χ3n) is 4.94. The molecule has 1 aliphatic rings. The molecule has 1 N–H and O–H groups in total. The fraction of sp³-hybridized carbons (Fsp3) is 0.0909. The van der Waals surface area contributed by atoms with E-state index in [4.69, 9.17) is 4.98 Å². The van der Waals surface area contributed by atoms with E-state index in [0.717, 1.165) is 46.5 Å². The molecule has 136 valence electrons. The Bertz CT molecular complexity index is 1210. The van der Waals surface area contributed by atoms with Crippen molar-refractivity contribution >= 4 is 22.5 Å². The summed E-state index contributed by atoms with van der Waals surface area (Å²) >= 11 is 0. The number of aryl methyl sites for hydroxylation is 1. The number of hydrazone groups is 1.